The van der Waals surface area contributed by atoms with Crippen LogP contribution in [-0.2, 0) is 6.54 Å². The van der Waals surface area contributed by atoms with Crippen molar-refractivity contribution < 1.29 is 0 Å². The summed E-state index contributed by atoms with van der Waals surface area (Å²) in [5, 5.41) is 6.83. The molecule has 0 atom stereocenters. The summed E-state index contributed by atoms with van der Waals surface area (Å²) in [5.74, 6) is 0. The zero-order chi connectivity index (χ0) is 10.1. The second-order valence-corrected chi connectivity index (χ2v) is 3.97. The predicted octanol–water partition coefficient (Wildman–Crippen LogP) is -0.0724. The van der Waals surface area contributed by atoms with Gasteiger partial charge in [-0.3, -0.25) is 15.2 Å². The molecule has 1 fully saturated rings. The van der Waals surface area contributed by atoms with E-state index in [-0.39, 0.29) is 0 Å². The highest BCUT2D eigenvalue weighted by Crippen LogP contribution is 2.26. The summed E-state index contributed by atoms with van der Waals surface area (Å²) in [5.41, 5.74) is 2.64. The molecule has 0 saturated carbocycles. The maximum Gasteiger partial charge on any atom is 0.135 e. The second kappa shape index (κ2) is 3.89. The molecule has 4 nitrogen and oxygen atoms in total. The second-order valence-electron chi connectivity index (χ2n) is 3.97. The zero-order valence-corrected chi connectivity index (χ0v) is 8.66. The first-order valence-electron chi connectivity index (χ1n) is 5.45. The van der Waals surface area contributed by atoms with Crippen LogP contribution in [0.3, 0.4) is 0 Å². The normalized spacial score (nSPS) is 22.9. The molecule has 1 aromatic heterocycles. The van der Waals surface area contributed by atoms with E-state index >= 15 is 0 Å². The molecule has 0 spiro atoms. The van der Waals surface area contributed by atoms with Crippen molar-refractivity contribution in [2.24, 2.45) is 0 Å². The summed E-state index contributed by atoms with van der Waals surface area (Å²) in [6.07, 6.45) is 5.11. The van der Waals surface area contributed by atoms with E-state index in [4.69, 9.17) is 0 Å². The first-order valence-corrected chi connectivity index (χ1v) is 5.45. The Bertz CT molecular complexity index is 346. The molecule has 2 aliphatic rings. The predicted molar refractivity (Wildman–Crippen MR) is 57.9 cm³/mol. The standard InChI is InChI=1S/C11H15N4/c1-2-13-7-9-8-14-11(10(1)9)15-5-3-12-4-6-15/h1-2,7,12,14H,3-6,8H2. The van der Waals surface area contributed by atoms with Crippen LogP contribution in [0.1, 0.15) is 11.1 Å². The fourth-order valence-corrected chi connectivity index (χ4v) is 2.24. The van der Waals surface area contributed by atoms with Crippen LogP contribution < -0.4 is 10.6 Å². The highest BCUT2D eigenvalue weighted by molar-refractivity contribution is 5.39. The van der Waals surface area contributed by atoms with Gasteiger partial charge in [0.05, 0.1) is 0 Å². The van der Waals surface area contributed by atoms with Crippen LogP contribution in [0.2, 0.25) is 0 Å². The molecule has 1 aromatic rings. The number of nitrogens with zero attached hydrogens (tertiary/aromatic N) is 2. The molecule has 4 heteroatoms. The van der Waals surface area contributed by atoms with E-state index in [9.17, 15) is 0 Å². The summed E-state index contributed by atoms with van der Waals surface area (Å²) < 4.78 is 0. The molecule has 2 aliphatic heterocycles. The number of aromatic nitrogens is 1. The Morgan fingerprint density at radius 2 is 2.13 bits per heavy atom. The van der Waals surface area contributed by atoms with Gasteiger partial charge in [-0.2, -0.15) is 0 Å². The van der Waals surface area contributed by atoms with Crippen LogP contribution in [0, 0.1) is 6.17 Å². The number of fused-ring (bicyclic) bond motifs is 1. The van der Waals surface area contributed by atoms with Gasteiger partial charge in [-0.1, -0.05) is 0 Å². The number of piperazine rings is 1. The van der Waals surface area contributed by atoms with Gasteiger partial charge in [-0.15, -0.1) is 0 Å². The molecule has 1 saturated heterocycles. The molecule has 0 aliphatic carbocycles. The largest absolute Gasteiger partial charge is 0.314 e. The Labute approximate surface area is 89.7 Å². The van der Waals surface area contributed by atoms with E-state index in [0.717, 1.165) is 32.7 Å². The summed E-state index contributed by atoms with van der Waals surface area (Å²) >= 11 is 0. The van der Waals surface area contributed by atoms with Crippen LogP contribution in [-0.4, -0.2) is 36.1 Å². The van der Waals surface area contributed by atoms with Crippen LogP contribution >= 0.6 is 0 Å². The summed E-state index contributed by atoms with van der Waals surface area (Å²) in [6.45, 7) is 5.24. The maximum absolute atomic E-state index is 4.15. The van der Waals surface area contributed by atoms with Gasteiger partial charge in [-0.05, 0) is 17.2 Å². The molecule has 0 bridgehead atoms. The molecule has 1 radical (unpaired) electrons. The van der Waals surface area contributed by atoms with Gasteiger partial charge < -0.3 is 5.32 Å². The van der Waals surface area contributed by atoms with Gasteiger partial charge in [0.25, 0.3) is 0 Å². The molecular weight excluding hydrogens is 188 g/mol. The SMILES string of the molecule is c1cc2c(cn1)CN[C]2N1CCNCC1. The lowest BCUT2D eigenvalue weighted by Crippen LogP contribution is -2.47. The Morgan fingerprint density at radius 3 is 3.00 bits per heavy atom. The van der Waals surface area contributed by atoms with E-state index in [0.29, 0.717) is 0 Å². The van der Waals surface area contributed by atoms with Gasteiger partial charge >= 0.3 is 0 Å². The summed E-state index contributed by atoms with van der Waals surface area (Å²) in [7, 11) is 0. The average Bonchev–Trinajstić information content (AvgIpc) is 2.74. The van der Waals surface area contributed by atoms with Crippen molar-refractivity contribution in [1.29, 1.82) is 0 Å². The van der Waals surface area contributed by atoms with Crippen molar-refractivity contribution in [3.05, 3.63) is 35.8 Å². The van der Waals surface area contributed by atoms with Crippen LogP contribution in [0.4, 0.5) is 0 Å². The van der Waals surface area contributed by atoms with E-state index in [2.05, 4.69) is 26.6 Å². The lowest BCUT2D eigenvalue weighted by atomic mass is 10.1. The third kappa shape index (κ3) is 1.65. The first-order chi connectivity index (χ1) is 7.45. The molecule has 3 heterocycles. The number of rotatable bonds is 1. The van der Waals surface area contributed by atoms with Gasteiger partial charge in [0, 0.05) is 45.1 Å². The van der Waals surface area contributed by atoms with Crippen molar-refractivity contribution in [2.75, 3.05) is 26.2 Å². The first kappa shape index (κ1) is 9.27. The molecule has 15 heavy (non-hydrogen) atoms. The van der Waals surface area contributed by atoms with Crippen LogP contribution in [0.25, 0.3) is 0 Å². The minimum atomic E-state index is 0.919. The topological polar surface area (TPSA) is 40.2 Å². The molecule has 79 valence electrons. The fraction of sp³-hybridized carbons (Fsp3) is 0.455. The molecule has 0 aromatic carbocycles. The number of nitrogens with one attached hydrogen (secondary N) is 2. The van der Waals surface area contributed by atoms with Crippen molar-refractivity contribution >= 4 is 0 Å². The van der Waals surface area contributed by atoms with E-state index < -0.39 is 0 Å². The molecule has 0 unspecified atom stereocenters. The van der Waals surface area contributed by atoms with Crippen LogP contribution in [0.5, 0.6) is 0 Å². The Morgan fingerprint density at radius 1 is 1.27 bits per heavy atom. The zero-order valence-electron chi connectivity index (χ0n) is 8.66. The van der Waals surface area contributed by atoms with Gasteiger partial charge in [0.15, 0.2) is 0 Å². The third-order valence-electron chi connectivity index (χ3n) is 3.04. The van der Waals surface area contributed by atoms with E-state index in [1.165, 1.54) is 17.3 Å². The quantitative estimate of drug-likeness (QED) is 0.670. The highest BCUT2D eigenvalue weighted by atomic mass is 15.3. The molecule has 2 N–H and O–H groups in total. The van der Waals surface area contributed by atoms with Crippen molar-refractivity contribution in [3.8, 4) is 0 Å². The monoisotopic (exact) mass is 203 g/mol. The lowest BCUT2D eigenvalue weighted by Gasteiger charge is -2.32. The summed E-state index contributed by atoms with van der Waals surface area (Å²) in [6, 6.07) is 2.10. The van der Waals surface area contributed by atoms with Gasteiger partial charge in [-0.25, -0.2) is 0 Å². The number of hydrogen-bond donors (Lipinski definition) is 2. The van der Waals surface area contributed by atoms with Crippen molar-refractivity contribution in [1.82, 2.24) is 20.5 Å². The van der Waals surface area contributed by atoms with Crippen molar-refractivity contribution in [3.63, 3.8) is 0 Å². The Kier molecular flexibility index (Phi) is 2.40. The maximum atomic E-state index is 4.15. The van der Waals surface area contributed by atoms with E-state index in [1.807, 2.05) is 12.4 Å². The Hall–Kier alpha value is -0.970. The minimum absolute atomic E-state index is 0.919. The van der Waals surface area contributed by atoms with E-state index in [1.54, 1.807) is 0 Å². The number of hydrogen-bond acceptors (Lipinski definition) is 4. The third-order valence-corrected chi connectivity index (χ3v) is 3.04. The smallest absolute Gasteiger partial charge is 0.135 e. The van der Waals surface area contributed by atoms with Crippen LogP contribution in [0.15, 0.2) is 18.5 Å². The van der Waals surface area contributed by atoms with Gasteiger partial charge in [0.1, 0.15) is 6.17 Å². The molecule has 3 rings (SSSR count). The summed E-state index contributed by atoms with van der Waals surface area (Å²) in [4.78, 5) is 6.57. The average molecular weight is 203 g/mol. The fourth-order valence-electron chi connectivity index (χ4n) is 2.24. The van der Waals surface area contributed by atoms with Crippen molar-refractivity contribution in [2.45, 2.75) is 6.54 Å². The number of pyridine rings is 1. The minimum Gasteiger partial charge on any atom is -0.314 e. The Balaban J connectivity index is 1.83. The molecule has 0 amide bonds. The van der Waals surface area contributed by atoms with Gasteiger partial charge in [0.2, 0.25) is 0 Å². The highest BCUT2D eigenvalue weighted by Gasteiger charge is 2.29. The molecular formula is C11H15N4. The lowest BCUT2D eigenvalue weighted by molar-refractivity contribution is 0.245.